The average Bonchev–Trinajstić information content (AvgIpc) is 1.82. The molecule has 0 bridgehead atoms. The quantitative estimate of drug-likeness (QED) is 0.723. The Morgan fingerprint density at radius 3 is 1.77 bits per heavy atom. The number of aliphatic hydroxyl groups excluding tert-OH is 1. The van der Waals surface area contributed by atoms with E-state index in [0.717, 1.165) is 0 Å². The third kappa shape index (κ3) is 4.50. The van der Waals surface area contributed by atoms with Gasteiger partial charge in [0.25, 0.3) is 0 Å². The van der Waals surface area contributed by atoms with Crippen molar-refractivity contribution in [3.63, 3.8) is 0 Å². The molecule has 0 heterocycles. The lowest BCUT2D eigenvalue weighted by Crippen LogP contribution is -2.33. The van der Waals surface area contributed by atoms with Crippen molar-refractivity contribution in [1.82, 2.24) is 0 Å². The van der Waals surface area contributed by atoms with Gasteiger partial charge in [0.05, 0.1) is 0 Å². The highest BCUT2D eigenvalue weighted by atomic mass is 19.4. The Labute approximate surface area is 76.9 Å². The zero-order valence-electron chi connectivity index (χ0n) is 8.44. The van der Waals surface area contributed by atoms with E-state index in [9.17, 15) is 13.2 Å². The fourth-order valence-corrected chi connectivity index (χ4v) is 0.822. The lowest BCUT2D eigenvalue weighted by Gasteiger charge is -2.29. The molecule has 1 N–H and O–H groups in total. The van der Waals surface area contributed by atoms with Gasteiger partial charge in [-0.05, 0) is 17.8 Å². The van der Waals surface area contributed by atoms with E-state index < -0.39 is 12.3 Å². The van der Waals surface area contributed by atoms with Gasteiger partial charge >= 0.3 is 6.18 Å². The lowest BCUT2D eigenvalue weighted by molar-refractivity contribution is -0.210. The van der Waals surface area contributed by atoms with Crippen LogP contribution >= 0.6 is 0 Å². The Bertz CT molecular complexity index is 139. The van der Waals surface area contributed by atoms with Gasteiger partial charge in [-0.1, -0.05) is 27.7 Å². The molecule has 0 aromatic carbocycles. The van der Waals surface area contributed by atoms with Crippen LogP contribution in [-0.4, -0.2) is 17.4 Å². The summed E-state index contributed by atoms with van der Waals surface area (Å²) in [6.45, 7) is 7.30. The van der Waals surface area contributed by atoms with Crippen molar-refractivity contribution in [2.45, 2.75) is 46.4 Å². The van der Waals surface area contributed by atoms with Crippen LogP contribution in [0.25, 0.3) is 0 Å². The molecule has 0 amide bonds. The number of aliphatic hydroxyl groups is 1. The minimum absolute atomic E-state index is 0.163. The summed E-state index contributed by atoms with van der Waals surface area (Å²) in [5.41, 5.74) is -0.202. The van der Waals surface area contributed by atoms with Crippen molar-refractivity contribution >= 4 is 0 Å². The molecule has 0 aliphatic carbocycles. The van der Waals surface area contributed by atoms with Crippen LogP contribution in [0, 0.1) is 11.3 Å². The van der Waals surface area contributed by atoms with Crippen molar-refractivity contribution in [3.05, 3.63) is 0 Å². The molecule has 0 radical (unpaired) electrons. The van der Waals surface area contributed by atoms with Crippen molar-refractivity contribution in [2.24, 2.45) is 11.3 Å². The van der Waals surface area contributed by atoms with Crippen LogP contribution in [0.4, 0.5) is 13.2 Å². The van der Waals surface area contributed by atoms with E-state index in [1.165, 1.54) is 0 Å². The van der Waals surface area contributed by atoms with Gasteiger partial charge in [0.1, 0.15) is 6.10 Å². The van der Waals surface area contributed by atoms with Gasteiger partial charge in [0.2, 0.25) is 0 Å². The maximum absolute atomic E-state index is 11.9. The second-order valence-electron chi connectivity index (χ2n) is 4.56. The van der Waals surface area contributed by atoms with Gasteiger partial charge in [-0.15, -0.1) is 0 Å². The van der Waals surface area contributed by atoms with Gasteiger partial charge in [0.15, 0.2) is 0 Å². The first kappa shape index (κ1) is 12.8. The van der Waals surface area contributed by atoms with Crippen LogP contribution in [0.5, 0.6) is 0 Å². The molecule has 0 rings (SSSR count). The number of halogens is 3. The topological polar surface area (TPSA) is 20.2 Å². The molecule has 2 unspecified atom stereocenters. The molecular formula is C9H17F3O. The zero-order chi connectivity index (χ0) is 10.9. The Hall–Kier alpha value is -0.250. The summed E-state index contributed by atoms with van der Waals surface area (Å²) < 4.78 is 35.8. The Morgan fingerprint density at radius 1 is 1.15 bits per heavy atom. The minimum atomic E-state index is -4.49. The van der Waals surface area contributed by atoms with E-state index in [0.29, 0.717) is 0 Å². The molecule has 0 saturated carbocycles. The summed E-state index contributed by atoms with van der Waals surface area (Å²) in [6, 6.07) is 0. The average molecular weight is 198 g/mol. The highest BCUT2D eigenvalue weighted by Crippen LogP contribution is 2.33. The van der Waals surface area contributed by atoms with Crippen molar-refractivity contribution < 1.29 is 18.3 Å². The summed E-state index contributed by atoms with van der Waals surface area (Å²) in [6.07, 6.45) is -6.91. The highest BCUT2D eigenvalue weighted by Gasteiger charge is 2.40. The molecule has 0 spiro atoms. The van der Waals surface area contributed by atoms with Crippen LogP contribution < -0.4 is 0 Å². The van der Waals surface area contributed by atoms with Crippen molar-refractivity contribution in [3.8, 4) is 0 Å². The van der Waals surface area contributed by atoms with Crippen LogP contribution in [-0.2, 0) is 0 Å². The SMILES string of the molecule is CC(CC(O)C(F)(F)F)C(C)(C)C. The maximum Gasteiger partial charge on any atom is 0.414 e. The molecule has 0 fully saturated rings. The Balaban J connectivity index is 4.15. The Morgan fingerprint density at radius 2 is 1.54 bits per heavy atom. The number of alkyl halides is 3. The van der Waals surface area contributed by atoms with Crippen LogP contribution in [0.2, 0.25) is 0 Å². The standard InChI is InChI=1S/C9H17F3O/c1-6(8(2,3)4)5-7(13)9(10,11)12/h6-7,13H,5H2,1-4H3. The molecule has 4 heteroatoms. The first-order chi connectivity index (χ1) is 5.55. The number of hydrogen-bond donors (Lipinski definition) is 1. The second-order valence-corrected chi connectivity index (χ2v) is 4.56. The fourth-order valence-electron chi connectivity index (χ4n) is 0.822. The zero-order valence-corrected chi connectivity index (χ0v) is 8.44. The summed E-state index contributed by atoms with van der Waals surface area (Å²) in [5.74, 6) is -0.163. The highest BCUT2D eigenvalue weighted by molar-refractivity contribution is 4.76. The second kappa shape index (κ2) is 3.86. The predicted molar refractivity (Wildman–Crippen MR) is 45.3 cm³/mol. The summed E-state index contributed by atoms with van der Waals surface area (Å²) >= 11 is 0. The van der Waals surface area contributed by atoms with E-state index in [2.05, 4.69) is 0 Å². The van der Waals surface area contributed by atoms with Crippen molar-refractivity contribution in [2.75, 3.05) is 0 Å². The Kier molecular flexibility index (Phi) is 3.79. The molecule has 0 aromatic rings. The molecule has 0 aliphatic rings. The summed E-state index contributed by atoms with van der Waals surface area (Å²) in [5, 5.41) is 8.79. The van der Waals surface area contributed by atoms with E-state index >= 15 is 0 Å². The molecular weight excluding hydrogens is 181 g/mol. The third-order valence-corrected chi connectivity index (χ3v) is 2.43. The van der Waals surface area contributed by atoms with Gasteiger partial charge in [-0.3, -0.25) is 0 Å². The van der Waals surface area contributed by atoms with Gasteiger partial charge in [-0.25, -0.2) is 0 Å². The number of hydrogen-bond acceptors (Lipinski definition) is 1. The van der Waals surface area contributed by atoms with E-state index in [-0.39, 0.29) is 17.8 Å². The summed E-state index contributed by atoms with van der Waals surface area (Å²) in [7, 11) is 0. The van der Waals surface area contributed by atoms with Crippen molar-refractivity contribution in [1.29, 1.82) is 0 Å². The minimum Gasteiger partial charge on any atom is -0.384 e. The van der Waals surface area contributed by atoms with Crippen LogP contribution in [0.3, 0.4) is 0 Å². The third-order valence-electron chi connectivity index (χ3n) is 2.43. The molecule has 0 aliphatic heterocycles. The monoisotopic (exact) mass is 198 g/mol. The maximum atomic E-state index is 11.9. The molecule has 0 aromatic heterocycles. The fraction of sp³-hybridized carbons (Fsp3) is 1.00. The molecule has 0 saturated heterocycles. The largest absolute Gasteiger partial charge is 0.414 e. The predicted octanol–water partition coefficient (Wildman–Crippen LogP) is 2.98. The first-order valence-electron chi connectivity index (χ1n) is 4.30. The van der Waals surface area contributed by atoms with Gasteiger partial charge < -0.3 is 5.11 Å². The molecule has 13 heavy (non-hydrogen) atoms. The summed E-state index contributed by atoms with van der Waals surface area (Å²) in [4.78, 5) is 0. The lowest BCUT2D eigenvalue weighted by atomic mass is 9.79. The van der Waals surface area contributed by atoms with E-state index in [1.54, 1.807) is 6.92 Å². The van der Waals surface area contributed by atoms with E-state index in [4.69, 9.17) is 5.11 Å². The smallest absolute Gasteiger partial charge is 0.384 e. The molecule has 1 nitrogen and oxygen atoms in total. The molecule has 80 valence electrons. The van der Waals surface area contributed by atoms with Gasteiger partial charge in [-0.2, -0.15) is 13.2 Å². The van der Waals surface area contributed by atoms with E-state index in [1.807, 2.05) is 20.8 Å². The first-order valence-corrected chi connectivity index (χ1v) is 4.30. The van der Waals surface area contributed by atoms with Crippen LogP contribution in [0.15, 0.2) is 0 Å². The normalized spacial score (nSPS) is 18.5. The molecule has 2 atom stereocenters. The van der Waals surface area contributed by atoms with Crippen LogP contribution in [0.1, 0.15) is 34.1 Å². The van der Waals surface area contributed by atoms with Gasteiger partial charge in [0, 0.05) is 0 Å². The number of rotatable bonds is 2.